The van der Waals surface area contributed by atoms with Crippen LogP contribution >= 0.6 is 0 Å². The fourth-order valence-corrected chi connectivity index (χ4v) is 3.22. The third kappa shape index (κ3) is 3.35. The van der Waals surface area contributed by atoms with Crippen LogP contribution in [0.3, 0.4) is 0 Å². The molecule has 126 valence electrons. The van der Waals surface area contributed by atoms with Gasteiger partial charge in [0, 0.05) is 36.4 Å². The number of aromatic nitrogens is 3. The van der Waals surface area contributed by atoms with Crippen LogP contribution in [0.4, 0.5) is 0 Å². The molecule has 0 radical (unpaired) electrons. The minimum absolute atomic E-state index is 0.0889. The average Bonchev–Trinajstić information content (AvgIpc) is 3.05. The maximum atomic E-state index is 12.1. The Kier molecular flexibility index (Phi) is 4.69. The number of nitrogens with one attached hydrogen (secondary N) is 2. The zero-order chi connectivity index (χ0) is 17.1. The molecule has 24 heavy (non-hydrogen) atoms. The van der Waals surface area contributed by atoms with E-state index in [9.17, 15) is 4.79 Å². The summed E-state index contributed by atoms with van der Waals surface area (Å²) in [5.41, 5.74) is 5.66. The van der Waals surface area contributed by atoms with Crippen LogP contribution in [0.5, 0.6) is 0 Å². The van der Waals surface area contributed by atoms with Crippen molar-refractivity contribution >= 4 is 16.8 Å². The van der Waals surface area contributed by atoms with Crippen LogP contribution in [0.15, 0.2) is 30.3 Å². The van der Waals surface area contributed by atoms with Gasteiger partial charge in [0.15, 0.2) is 0 Å². The quantitative estimate of drug-likeness (QED) is 0.732. The number of amides is 1. The third-order valence-electron chi connectivity index (χ3n) is 4.56. The van der Waals surface area contributed by atoms with Gasteiger partial charge in [0.1, 0.15) is 0 Å². The Morgan fingerprint density at radius 1 is 1.25 bits per heavy atom. The lowest BCUT2D eigenvalue weighted by atomic mass is 10.1. The molecule has 0 aliphatic heterocycles. The molecule has 2 N–H and O–H groups in total. The molecule has 2 aromatic heterocycles. The van der Waals surface area contributed by atoms with Crippen molar-refractivity contribution < 1.29 is 4.79 Å². The van der Waals surface area contributed by atoms with E-state index in [0.717, 1.165) is 17.8 Å². The molecule has 0 aliphatic carbocycles. The third-order valence-corrected chi connectivity index (χ3v) is 4.56. The first kappa shape index (κ1) is 16.3. The summed E-state index contributed by atoms with van der Waals surface area (Å²) >= 11 is 0. The van der Waals surface area contributed by atoms with Crippen LogP contribution in [-0.2, 0) is 17.8 Å². The number of rotatable bonds is 6. The second-order valence-corrected chi connectivity index (χ2v) is 6.26. The van der Waals surface area contributed by atoms with Crippen molar-refractivity contribution in [2.75, 3.05) is 6.54 Å². The van der Waals surface area contributed by atoms with Crippen LogP contribution in [0.25, 0.3) is 10.9 Å². The van der Waals surface area contributed by atoms with Gasteiger partial charge in [-0.1, -0.05) is 18.2 Å². The maximum Gasteiger partial charge on any atom is 0.221 e. The lowest BCUT2D eigenvalue weighted by molar-refractivity contribution is -0.121. The van der Waals surface area contributed by atoms with Crippen LogP contribution in [0.1, 0.15) is 29.1 Å². The van der Waals surface area contributed by atoms with Gasteiger partial charge in [0.05, 0.1) is 5.69 Å². The first-order chi connectivity index (χ1) is 11.6. The molecule has 0 fully saturated rings. The molecule has 0 aliphatic rings. The zero-order valence-corrected chi connectivity index (χ0v) is 14.5. The van der Waals surface area contributed by atoms with E-state index in [2.05, 4.69) is 45.2 Å². The standard InChI is InChI=1S/C19H24N4O/c1-13-12-16-6-4-5-7-18(16)23(13)11-9-19(24)20-10-8-17-14(2)21-22-15(17)3/h4-7,12H,8-11H2,1-3H3,(H,20,24)(H,21,22). The summed E-state index contributed by atoms with van der Waals surface area (Å²) in [5, 5.41) is 11.4. The van der Waals surface area contributed by atoms with Gasteiger partial charge in [-0.25, -0.2) is 0 Å². The molecule has 0 unspecified atom stereocenters. The Hall–Kier alpha value is -2.56. The van der Waals surface area contributed by atoms with Gasteiger partial charge in [-0.3, -0.25) is 9.89 Å². The maximum absolute atomic E-state index is 12.1. The molecule has 3 rings (SSSR count). The summed E-state index contributed by atoms with van der Waals surface area (Å²) < 4.78 is 2.21. The van der Waals surface area contributed by atoms with Crippen molar-refractivity contribution in [1.29, 1.82) is 0 Å². The number of fused-ring (bicyclic) bond motifs is 1. The van der Waals surface area contributed by atoms with Crippen LogP contribution in [-0.4, -0.2) is 27.2 Å². The molecule has 0 saturated heterocycles. The smallest absolute Gasteiger partial charge is 0.221 e. The SMILES string of the molecule is Cc1n[nH]c(C)c1CCNC(=O)CCn1c(C)cc2ccccc21. The van der Waals surface area contributed by atoms with Crippen LogP contribution < -0.4 is 5.32 Å². The Bertz CT molecular complexity index is 840. The van der Waals surface area contributed by atoms with Gasteiger partial charge < -0.3 is 9.88 Å². The highest BCUT2D eigenvalue weighted by Crippen LogP contribution is 2.19. The van der Waals surface area contributed by atoms with Crippen molar-refractivity contribution in [3.05, 3.63) is 53.0 Å². The van der Waals surface area contributed by atoms with E-state index >= 15 is 0 Å². The molecule has 0 bridgehead atoms. The van der Waals surface area contributed by atoms with E-state index in [0.29, 0.717) is 19.5 Å². The summed E-state index contributed by atoms with van der Waals surface area (Å²) in [6.07, 6.45) is 1.30. The first-order valence-corrected chi connectivity index (χ1v) is 8.38. The summed E-state index contributed by atoms with van der Waals surface area (Å²) in [4.78, 5) is 12.1. The first-order valence-electron chi connectivity index (χ1n) is 8.38. The van der Waals surface area contributed by atoms with Gasteiger partial charge in [-0.2, -0.15) is 5.10 Å². The Balaban J connectivity index is 1.53. The van der Waals surface area contributed by atoms with E-state index in [-0.39, 0.29) is 5.91 Å². The largest absolute Gasteiger partial charge is 0.356 e. The number of hydrogen-bond acceptors (Lipinski definition) is 2. The van der Waals surface area contributed by atoms with Crippen LogP contribution in [0.2, 0.25) is 0 Å². The second kappa shape index (κ2) is 6.91. The normalized spacial score (nSPS) is 11.1. The molecule has 0 atom stereocenters. The molecule has 1 amide bonds. The monoisotopic (exact) mass is 324 g/mol. The minimum atomic E-state index is 0.0889. The number of aryl methyl sites for hydroxylation is 4. The van der Waals surface area contributed by atoms with E-state index in [1.54, 1.807) is 0 Å². The number of benzene rings is 1. The number of nitrogens with zero attached hydrogens (tertiary/aromatic N) is 2. The predicted molar refractivity (Wildman–Crippen MR) is 96.1 cm³/mol. The highest BCUT2D eigenvalue weighted by molar-refractivity contribution is 5.81. The molecule has 5 heteroatoms. The Morgan fingerprint density at radius 3 is 2.79 bits per heavy atom. The highest BCUT2D eigenvalue weighted by Gasteiger charge is 2.09. The van der Waals surface area contributed by atoms with Gasteiger partial charge >= 0.3 is 0 Å². The lowest BCUT2D eigenvalue weighted by Gasteiger charge is -2.09. The lowest BCUT2D eigenvalue weighted by Crippen LogP contribution is -2.26. The Morgan fingerprint density at radius 2 is 2.04 bits per heavy atom. The van der Waals surface area contributed by atoms with E-state index < -0.39 is 0 Å². The van der Waals surface area contributed by atoms with E-state index in [1.807, 2.05) is 26.0 Å². The fourth-order valence-electron chi connectivity index (χ4n) is 3.22. The molecule has 2 heterocycles. The predicted octanol–water partition coefficient (Wildman–Crippen LogP) is 3.04. The van der Waals surface area contributed by atoms with Crippen molar-refractivity contribution in [2.45, 2.75) is 40.2 Å². The minimum Gasteiger partial charge on any atom is -0.356 e. The molecule has 3 aromatic rings. The van der Waals surface area contributed by atoms with E-state index in [4.69, 9.17) is 0 Å². The topological polar surface area (TPSA) is 62.7 Å². The van der Waals surface area contributed by atoms with Crippen molar-refractivity contribution in [3.8, 4) is 0 Å². The molecule has 5 nitrogen and oxygen atoms in total. The average molecular weight is 324 g/mol. The van der Waals surface area contributed by atoms with Gasteiger partial charge in [-0.15, -0.1) is 0 Å². The van der Waals surface area contributed by atoms with Crippen molar-refractivity contribution in [3.63, 3.8) is 0 Å². The number of carbonyl (C=O) groups excluding carboxylic acids is 1. The molecule has 0 spiro atoms. The summed E-state index contributed by atoms with van der Waals surface area (Å²) in [5.74, 6) is 0.0889. The van der Waals surface area contributed by atoms with Crippen molar-refractivity contribution in [2.24, 2.45) is 0 Å². The van der Waals surface area contributed by atoms with E-state index in [1.165, 1.54) is 22.2 Å². The number of carbonyl (C=O) groups is 1. The van der Waals surface area contributed by atoms with Crippen LogP contribution in [0, 0.1) is 20.8 Å². The molecular formula is C19H24N4O. The Labute approximate surface area is 142 Å². The number of para-hydroxylation sites is 1. The number of hydrogen-bond donors (Lipinski definition) is 2. The van der Waals surface area contributed by atoms with Gasteiger partial charge in [-0.05, 0) is 50.3 Å². The second-order valence-electron chi connectivity index (χ2n) is 6.26. The molecule has 1 aromatic carbocycles. The van der Waals surface area contributed by atoms with Gasteiger partial charge in [0.25, 0.3) is 0 Å². The summed E-state index contributed by atoms with van der Waals surface area (Å²) in [7, 11) is 0. The molecular weight excluding hydrogens is 300 g/mol. The van der Waals surface area contributed by atoms with Crippen molar-refractivity contribution in [1.82, 2.24) is 20.1 Å². The summed E-state index contributed by atoms with van der Waals surface area (Å²) in [6, 6.07) is 10.4. The molecule has 0 saturated carbocycles. The van der Waals surface area contributed by atoms with Gasteiger partial charge in [0.2, 0.25) is 5.91 Å². The summed E-state index contributed by atoms with van der Waals surface area (Å²) in [6.45, 7) is 7.43. The number of aromatic amines is 1. The fraction of sp³-hybridized carbons (Fsp3) is 0.368. The zero-order valence-electron chi connectivity index (χ0n) is 14.5. The highest BCUT2D eigenvalue weighted by atomic mass is 16.1. The number of H-pyrrole nitrogens is 1.